The second-order valence-corrected chi connectivity index (χ2v) is 5.93. The quantitative estimate of drug-likeness (QED) is 0.477. The van der Waals surface area contributed by atoms with Gasteiger partial charge < -0.3 is 5.32 Å². The van der Waals surface area contributed by atoms with Gasteiger partial charge in [-0.3, -0.25) is 10.0 Å². The van der Waals surface area contributed by atoms with Crippen LogP contribution in [-0.2, 0) is 0 Å². The van der Waals surface area contributed by atoms with Gasteiger partial charge in [-0.2, -0.15) is 0 Å². The first-order valence-electron chi connectivity index (χ1n) is 8.10. The van der Waals surface area contributed by atoms with Gasteiger partial charge in [-0.25, -0.2) is 5.48 Å². The van der Waals surface area contributed by atoms with Crippen LogP contribution in [0.3, 0.4) is 0 Å². The lowest BCUT2D eigenvalue weighted by Gasteiger charge is -2.10. The van der Waals surface area contributed by atoms with Crippen LogP contribution in [0.25, 0.3) is 16.8 Å². The van der Waals surface area contributed by atoms with Crippen LogP contribution in [0, 0.1) is 0 Å². The highest BCUT2D eigenvalue weighted by molar-refractivity contribution is 5.94. The van der Waals surface area contributed by atoms with Gasteiger partial charge in [-0.15, -0.1) is 0 Å². The Hall–Kier alpha value is -3.11. The van der Waals surface area contributed by atoms with E-state index in [1.54, 1.807) is 17.6 Å². The number of fused-ring (bicyclic) bond motifs is 1. The molecule has 0 radical (unpaired) electrons. The van der Waals surface area contributed by atoms with E-state index in [0.717, 1.165) is 17.8 Å². The molecular formula is C21H20N2O2. The zero-order chi connectivity index (χ0) is 17.6. The Balaban J connectivity index is 1.70. The Morgan fingerprint density at radius 3 is 2.48 bits per heavy atom. The molecule has 0 saturated heterocycles. The molecule has 0 saturated carbocycles. The first-order chi connectivity index (χ1) is 12.2. The number of hydrogen-bond acceptors (Lipinski definition) is 3. The zero-order valence-electron chi connectivity index (χ0n) is 14.0. The van der Waals surface area contributed by atoms with Gasteiger partial charge in [-0.1, -0.05) is 60.2 Å². The van der Waals surface area contributed by atoms with Crippen LogP contribution in [0.1, 0.15) is 22.8 Å². The molecule has 0 unspecified atom stereocenters. The number of amides is 1. The number of hydroxylamine groups is 1. The van der Waals surface area contributed by atoms with E-state index in [1.165, 1.54) is 16.3 Å². The van der Waals surface area contributed by atoms with E-state index in [2.05, 4.69) is 48.6 Å². The maximum absolute atomic E-state index is 11.3. The number of rotatable bonds is 5. The molecule has 0 aliphatic carbocycles. The van der Waals surface area contributed by atoms with E-state index in [1.807, 2.05) is 24.3 Å². The smallest absolute Gasteiger partial charge is 0.274 e. The minimum atomic E-state index is -0.509. The molecule has 1 amide bonds. The summed E-state index contributed by atoms with van der Waals surface area (Å²) in [6, 6.07) is 21.6. The number of nitrogens with one attached hydrogen (secondary N) is 2. The van der Waals surface area contributed by atoms with Crippen LogP contribution in [0.5, 0.6) is 0 Å². The molecule has 126 valence electrons. The number of benzene rings is 3. The van der Waals surface area contributed by atoms with Crippen molar-refractivity contribution in [3.63, 3.8) is 0 Å². The minimum absolute atomic E-state index is 0.422. The molecular weight excluding hydrogens is 312 g/mol. The van der Waals surface area contributed by atoms with Crippen molar-refractivity contribution in [2.75, 3.05) is 11.9 Å². The number of carbonyl (C=O) groups excluding carboxylic acids is 1. The lowest BCUT2D eigenvalue weighted by atomic mass is 10.1. The molecule has 4 heteroatoms. The number of hydrogen-bond donors (Lipinski definition) is 3. The first kappa shape index (κ1) is 16.7. The van der Waals surface area contributed by atoms with Crippen molar-refractivity contribution in [3.05, 3.63) is 83.4 Å². The van der Waals surface area contributed by atoms with Crippen LogP contribution in [0.2, 0.25) is 0 Å². The Morgan fingerprint density at radius 2 is 1.72 bits per heavy atom. The summed E-state index contributed by atoms with van der Waals surface area (Å²) in [5.74, 6) is -0.509. The third-order valence-electron chi connectivity index (χ3n) is 4.03. The molecule has 3 aromatic carbocycles. The molecule has 4 nitrogen and oxygen atoms in total. The van der Waals surface area contributed by atoms with Crippen molar-refractivity contribution in [1.29, 1.82) is 0 Å². The highest BCUT2D eigenvalue weighted by Gasteiger charge is 2.03. The van der Waals surface area contributed by atoms with Crippen molar-refractivity contribution in [1.82, 2.24) is 5.48 Å². The predicted molar refractivity (Wildman–Crippen MR) is 102 cm³/mol. The van der Waals surface area contributed by atoms with Gasteiger partial charge in [-0.05, 0) is 36.1 Å². The van der Waals surface area contributed by atoms with E-state index in [4.69, 9.17) is 5.21 Å². The van der Waals surface area contributed by atoms with Crippen LogP contribution < -0.4 is 10.8 Å². The summed E-state index contributed by atoms with van der Waals surface area (Å²) in [6.45, 7) is 2.79. The molecule has 3 N–H and O–H groups in total. The second-order valence-electron chi connectivity index (χ2n) is 5.93. The molecule has 0 heterocycles. The molecule has 0 bridgehead atoms. The third-order valence-corrected chi connectivity index (χ3v) is 4.03. The average Bonchev–Trinajstić information content (AvgIpc) is 2.66. The Kier molecular flexibility index (Phi) is 5.11. The highest BCUT2D eigenvalue weighted by Crippen LogP contribution is 2.23. The van der Waals surface area contributed by atoms with Crippen molar-refractivity contribution in [2.24, 2.45) is 0 Å². The molecule has 0 aliphatic rings. The third kappa shape index (κ3) is 4.05. The Bertz CT molecular complexity index is 909. The molecule has 25 heavy (non-hydrogen) atoms. The maximum Gasteiger partial charge on any atom is 0.274 e. The summed E-state index contributed by atoms with van der Waals surface area (Å²) in [7, 11) is 0. The SMILES string of the molecule is C/C(=C\c1ccc(C(=O)NO)cc1)CNc1cccc2ccccc12. The van der Waals surface area contributed by atoms with Gasteiger partial charge >= 0.3 is 0 Å². The van der Waals surface area contributed by atoms with Crippen LogP contribution >= 0.6 is 0 Å². The second kappa shape index (κ2) is 7.64. The molecule has 0 aromatic heterocycles. The maximum atomic E-state index is 11.3. The Morgan fingerprint density at radius 1 is 1.00 bits per heavy atom. The fourth-order valence-corrected chi connectivity index (χ4v) is 2.75. The van der Waals surface area contributed by atoms with Gasteiger partial charge in [0.1, 0.15) is 0 Å². The van der Waals surface area contributed by atoms with Gasteiger partial charge in [0.25, 0.3) is 5.91 Å². The fraction of sp³-hybridized carbons (Fsp3) is 0.0952. The largest absolute Gasteiger partial charge is 0.381 e. The standard InChI is InChI=1S/C21H20N2O2/c1-15(13-16-9-11-18(12-10-16)21(24)23-25)14-22-20-8-4-6-17-5-2-3-7-19(17)20/h2-13,22,25H,14H2,1H3,(H,23,24)/b15-13+. The van der Waals surface area contributed by atoms with Gasteiger partial charge in [0.15, 0.2) is 0 Å². The summed E-state index contributed by atoms with van der Waals surface area (Å²) in [4.78, 5) is 11.3. The minimum Gasteiger partial charge on any atom is -0.381 e. The summed E-state index contributed by atoms with van der Waals surface area (Å²) < 4.78 is 0. The van der Waals surface area contributed by atoms with Crippen LogP contribution in [0.15, 0.2) is 72.3 Å². The molecule has 0 fully saturated rings. The van der Waals surface area contributed by atoms with Crippen molar-refractivity contribution < 1.29 is 10.0 Å². The monoisotopic (exact) mass is 332 g/mol. The summed E-state index contributed by atoms with van der Waals surface area (Å²) in [5, 5.41) is 14.5. The normalized spacial score (nSPS) is 11.4. The molecule has 3 aromatic rings. The van der Waals surface area contributed by atoms with E-state index in [9.17, 15) is 4.79 Å². The number of carbonyl (C=O) groups is 1. The van der Waals surface area contributed by atoms with Crippen molar-refractivity contribution >= 4 is 28.4 Å². The van der Waals surface area contributed by atoms with E-state index < -0.39 is 5.91 Å². The van der Waals surface area contributed by atoms with E-state index in [0.29, 0.717) is 5.56 Å². The Labute approximate surface area is 146 Å². The van der Waals surface area contributed by atoms with Gasteiger partial charge in [0, 0.05) is 23.2 Å². The van der Waals surface area contributed by atoms with Crippen molar-refractivity contribution in [2.45, 2.75) is 6.92 Å². The topological polar surface area (TPSA) is 61.4 Å². The zero-order valence-corrected chi connectivity index (χ0v) is 14.0. The van der Waals surface area contributed by atoms with Crippen molar-refractivity contribution in [3.8, 4) is 0 Å². The number of anilines is 1. The predicted octanol–water partition coefficient (Wildman–Crippen LogP) is 4.47. The lowest BCUT2D eigenvalue weighted by molar-refractivity contribution is 0.0706. The molecule has 0 atom stereocenters. The molecule has 3 rings (SSSR count). The van der Waals surface area contributed by atoms with Crippen LogP contribution in [0.4, 0.5) is 5.69 Å². The highest BCUT2D eigenvalue weighted by atomic mass is 16.5. The molecule has 0 spiro atoms. The summed E-state index contributed by atoms with van der Waals surface area (Å²) >= 11 is 0. The summed E-state index contributed by atoms with van der Waals surface area (Å²) in [5.41, 5.74) is 5.34. The average molecular weight is 332 g/mol. The van der Waals surface area contributed by atoms with Crippen LogP contribution in [-0.4, -0.2) is 17.7 Å². The fourth-order valence-electron chi connectivity index (χ4n) is 2.75. The van der Waals surface area contributed by atoms with Gasteiger partial charge in [0.05, 0.1) is 0 Å². The van der Waals surface area contributed by atoms with Gasteiger partial charge in [0.2, 0.25) is 0 Å². The molecule has 0 aliphatic heterocycles. The van der Waals surface area contributed by atoms with E-state index in [-0.39, 0.29) is 0 Å². The summed E-state index contributed by atoms with van der Waals surface area (Å²) in [6.07, 6.45) is 2.07. The first-order valence-corrected chi connectivity index (χ1v) is 8.10. The van der Waals surface area contributed by atoms with E-state index >= 15 is 0 Å². The lowest BCUT2D eigenvalue weighted by Crippen LogP contribution is -2.18.